The Morgan fingerprint density at radius 2 is 2.19 bits per heavy atom. The maximum absolute atomic E-state index is 10.7. The maximum atomic E-state index is 10.7. The zero-order valence-electron chi connectivity index (χ0n) is 9.02. The van der Waals surface area contributed by atoms with E-state index in [9.17, 15) is 4.79 Å². The minimum Gasteiger partial charge on any atom is -0.374 e. The van der Waals surface area contributed by atoms with Gasteiger partial charge in [0.2, 0.25) is 0 Å². The van der Waals surface area contributed by atoms with E-state index < -0.39 is 0 Å². The Morgan fingerprint density at radius 3 is 2.88 bits per heavy atom. The van der Waals surface area contributed by atoms with Crippen molar-refractivity contribution in [3.05, 3.63) is 41.6 Å². The first-order chi connectivity index (χ1) is 7.86. The first kappa shape index (κ1) is 9.64. The maximum Gasteiger partial charge on any atom is 0.147 e. The first-order valence-corrected chi connectivity index (χ1v) is 5.66. The van der Waals surface area contributed by atoms with E-state index in [0.29, 0.717) is 6.04 Å². The van der Waals surface area contributed by atoms with Crippen LogP contribution in [0.2, 0.25) is 0 Å². The predicted molar refractivity (Wildman–Crippen MR) is 61.4 cm³/mol. The Kier molecular flexibility index (Phi) is 2.28. The molecule has 2 saturated heterocycles. The topological polar surface area (TPSA) is 32.3 Å². The van der Waals surface area contributed by atoms with Gasteiger partial charge in [-0.25, -0.2) is 4.79 Å². The monoisotopic (exact) mass is 214 g/mol. The summed E-state index contributed by atoms with van der Waals surface area (Å²) in [5.41, 5.74) is 2.05. The van der Waals surface area contributed by atoms with Gasteiger partial charge in [-0.15, -0.1) is 0 Å². The molecular formula is C13H14N2O. The van der Waals surface area contributed by atoms with Crippen molar-refractivity contribution in [1.29, 1.82) is 0 Å². The zero-order chi connectivity index (χ0) is 11.0. The lowest BCUT2D eigenvalue weighted by Gasteiger charge is -2.27. The van der Waals surface area contributed by atoms with Gasteiger partial charge in [0.1, 0.15) is 11.6 Å². The molecule has 3 nitrogen and oxygen atoms in total. The second-order valence-corrected chi connectivity index (χ2v) is 4.52. The van der Waals surface area contributed by atoms with Crippen molar-refractivity contribution >= 4 is 5.94 Å². The van der Waals surface area contributed by atoms with Crippen molar-refractivity contribution in [1.82, 2.24) is 10.2 Å². The minimum absolute atomic E-state index is 0.266. The molecule has 16 heavy (non-hydrogen) atoms. The third kappa shape index (κ3) is 1.54. The highest BCUT2D eigenvalue weighted by molar-refractivity contribution is 5.56. The molecule has 0 saturated carbocycles. The van der Waals surface area contributed by atoms with Gasteiger partial charge in [0, 0.05) is 19.1 Å². The highest BCUT2D eigenvalue weighted by Gasteiger charge is 2.41. The number of nitrogens with zero attached hydrogens (tertiary/aromatic N) is 1. The molecule has 3 heteroatoms. The normalized spacial score (nSPS) is 27.9. The molecule has 1 aromatic carbocycles. The summed E-state index contributed by atoms with van der Waals surface area (Å²) >= 11 is 0. The Bertz CT molecular complexity index is 437. The Balaban J connectivity index is 1.76. The highest BCUT2D eigenvalue weighted by Crippen LogP contribution is 2.30. The Hall–Kier alpha value is -1.57. The van der Waals surface area contributed by atoms with Gasteiger partial charge in [0.05, 0.1) is 6.04 Å². The third-order valence-corrected chi connectivity index (χ3v) is 3.43. The van der Waals surface area contributed by atoms with Crippen molar-refractivity contribution in [3.8, 4) is 0 Å². The SMILES string of the molecule is O=C=C1N[C@@H]2C[C@H]1N(Cc1ccccc1)C2. The van der Waals surface area contributed by atoms with E-state index in [4.69, 9.17) is 0 Å². The van der Waals surface area contributed by atoms with Gasteiger partial charge in [-0.1, -0.05) is 30.3 Å². The summed E-state index contributed by atoms with van der Waals surface area (Å²) in [5, 5.41) is 3.21. The van der Waals surface area contributed by atoms with Crippen LogP contribution in [0.4, 0.5) is 0 Å². The van der Waals surface area contributed by atoms with Crippen molar-refractivity contribution in [3.63, 3.8) is 0 Å². The van der Waals surface area contributed by atoms with Gasteiger partial charge in [0.15, 0.2) is 0 Å². The van der Waals surface area contributed by atoms with Gasteiger partial charge < -0.3 is 5.32 Å². The summed E-state index contributed by atoms with van der Waals surface area (Å²) in [6.07, 6.45) is 1.05. The lowest BCUT2D eigenvalue weighted by atomic mass is 10.1. The minimum atomic E-state index is 0.266. The van der Waals surface area contributed by atoms with E-state index in [0.717, 1.165) is 25.2 Å². The van der Waals surface area contributed by atoms with Gasteiger partial charge in [-0.2, -0.15) is 0 Å². The molecule has 2 aliphatic rings. The first-order valence-electron chi connectivity index (χ1n) is 5.66. The average molecular weight is 214 g/mol. The van der Waals surface area contributed by atoms with E-state index >= 15 is 0 Å². The van der Waals surface area contributed by atoms with Crippen LogP contribution in [0.3, 0.4) is 0 Å². The largest absolute Gasteiger partial charge is 0.374 e. The zero-order valence-corrected chi connectivity index (χ0v) is 9.02. The fourth-order valence-corrected chi connectivity index (χ4v) is 2.71. The van der Waals surface area contributed by atoms with E-state index in [1.54, 1.807) is 0 Å². The molecular weight excluding hydrogens is 200 g/mol. The van der Waals surface area contributed by atoms with Crippen LogP contribution < -0.4 is 5.32 Å². The van der Waals surface area contributed by atoms with Crippen molar-refractivity contribution in [2.24, 2.45) is 0 Å². The van der Waals surface area contributed by atoms with Gasteiger partial charge >= 0.3 is 0 Å². The second kappa shape index (κ2) is 3.78. The summed E-state index contributed by atoms with van der Waals surface area (Å²) in [5.74, 6) is 2.02. The predicted octanol–water partition coefficient (Wildman–Crippen LogP) is 0.948. The summed E-state index contributed by atoms with van der Waals surface area (Å²) in [4.78, 5) is 13.1. The van der Waals surface area contributed by atoms with Crippen LogP contribution in [0.25, 0.3) is 0 Å². The number of rotatable bonds is 2. The van der Waals surface area contributed by atoms with Gasteiger partial charge in [0.25, 0.3) is 0 Å². The fraction of sp³-hybridized carbons (Fsp3) is 0.385. The Labute approximate surface area is 94.8 Å². The van der Waals surface area contributed by atoms with E-state index in [1.165, 1.54) is 5.56 Å². The number of carbonyl (C=O) groups excluding carboxylic acids is 1. The van der Waals surface area contributed by atoms with Crippen LogP contribution in [0.15, 0.2) is 36.0 Å². The molecule has 0 unspecified atom stereocenters. The molecule has 3 rings (SSSR count). The number of hydrogen-bond acceptors (Lipinski definition) is 3. The van der Waals surface area contributed by atoms with Crippen LogP contribution in [0, 0.1) is 0 Å². The lowest BCUT2D eigenvalue weighted by Crippen LogP contribution is -2.41. The van der Waals surface area contributed by atoms with E-state index in [1.807, 2.05) is 12.0 Å². The number of nitrogens with one attached hydrogen (secondary N) is 1. The van der Waals surface area contributed by atoms with Crippen LogP contribution in [0.5, 0.6) is 0 Å². The highest BCUT2D eigenvalue weighted by atomic mass is 16.1. The van der Waals surface area contributed by atoms with Crippen LogP contribution >= 0.6 is 0 Å². The second-order valence-electron chi connectivity index (χ2n) is 4.52. The molecule has 2 bridgehead atoms. The quantitative estimate of drug-likeness (QED) is 0.744. The molecule has 0 radical (unpaired) electrons. The number of benzene rings is 1. The summed E-state index contributed by atoms with van der Waals surface area (Å²) in [6, 6.07) is 11.1. The van der Waals surface area contributed by atoms with E-state index in [-0.39, 0.29) is 6.04 Å². The van der Waals surface area contributed by atoms with Crippen molar-refractivity contribution in [2.45, 2.75) is 25.0 Å². The van der Waals surface area contributed by atoms with Gasteiger partial charge in [-0.3, -0.25) is 4.90 Å². The molecule has 0 aromatic heterocycles. The Morgan fingerprint density at radius 1 is 1.38 bits per heavy atom. The summed E-state index contributed by atoms with van der Waals surface area (Å²) in [6.45, 7) is 1.96. The third-order valence-electron chi connectivity index (χ3n) is 3.43. The molecule has 1 N–H and O–H groups in total. The molecule has 2 atom stereocenters. The molecule has 2 heterocycles. The van der Waals surface area contributed by atoms with Gasteiger partial charge in [-0.05, 0) is 12.0 Å². The molecule has 0 aliphatic carbocycles. The average Bonchev–Trinajstić information content (AvgIpc) is 2.89. The van der Waals surface area contributed by atoms with Crippen LogP contribution in [-0.4, -0.2) is 29.5 Å². The fourth-order valence-electron chi connectivity index (χ4n) is 2.71. The molecule has 82 valence electrons. The number of piperazine rings is 1. The van der Waals surface area contributed by atoms with Crippen LogP contribution in [-0.2, 0) is 11.3 Å². The van der Waals surface area contributed by atoms with Crippen molar-refractivity contribution < 1.29 is 4.79 Å². The lowest BCUT2D eigenvalue weighted by molar-refractivity contribution is 0.245. The molecule has 2 aliphatic heterocycles. The number of hydrogen-bond donors (Lipinski definition) is 1. The molecule has 2 fully saturated rings. The van der Waals surface area contributed by atoms with E-state index in [2.05, 4.69) is 34.5 Å². The van der Waals surface area contributed by atoms with Crippen molar-refractivity contribution in [2.75, 3.05) is 6.54 Å². The number of fused-ring (bicyclic) bond motifs is 2. The smallest absolute Gasteiger partial charge is 0.147 e. The van der Waals surface area contributed by atoms with Crippen LogP contribution in [0.1, 0.15) is 12.0 Å². The molecule has 0 spiro atoms. The summed E-state index contributed by atoms with van der Waals surface area (Å²) < 4.78 is 0. The standard InChI is InChI=1S/C13H14N2O/c16-9-12-13-6-11(14-12)8-15(13)7-10-4-2-1-3-5-10/h1-5,11,13-14H,6-8H2/t11-,13-/m1/s1. The summed E-state index contributed by atoms with van der Waals surface area (Å²) in [7, 11) is 0. The molecule has 1 aromatic rings. The molecule has 0 amide bonds. The number of likely N-dealkylation sites (tertiary alicyclic amines) is 1.